The van der Waals surface area contributed by atoms with E-state index in [9.17, 15) is 4.39 Å². The maximum Gasteiger partial charge on any atom is 0.191 e. The quantitative estimate of drug-likeness (QED) is 0.457. The fourth-order valence-corrected chi connectivity index (χ4v) is 4.44. The van der Waals surface area contributed by atoms with Crippen LogP contribution in [-0.2, 0) is 12.3 Å². The van der Waals surface area contributed by atoms with E-state index in [0.29, 0.717) is 22.9 Å². The summed E-state index contributed by atoms with van der Waals surface area (Å²) < 4.78 is 16.3. The molecule has 0 amide bonds. The van der Waals surface area contributed by atoms with Crippen molar-refractivity contribution in [1.82, 2.24) is 19.7 Å². The first-order valence-corrected chi connectivity index (χ1v) is 10.6. The minimum atomic E-state index is -0.297. The normalized spacial score (nSPS) is 12.5. The molecule has 0 unspecified atom stereocenters. The Morgan fingerprint density at radius 3 is 2.50 bits per heavy atom. The van der Waals surface area contributed by atoms with Crippen LogP contribution < -0.4 is 0 Å². The molecule has 0 aliphatic rings. The molecule has 0 aliphatic carbocycles. The topological polar surface area (TPSA) is 34.0 Å². The number of thioether (sulfide) groups is 1. The zero-order chi connectivity index (χ0) is 20.1. The maximum absolute atomic E-state index is 14.1. The number of nitrogens with zero attached hydrogens (tertiary/aromatic N) is 4. The first kappa shape index (κ1) is 20.8. The van der Waals surface area contributed by atoms with E-state index < -0.39 is 0 Å². The lowest BCUT2D eigenvalue weighted by atomic mass is 10.2. The van der Waals surface area contributed by atoms with Gasteiger partial charge in [0.1, 0.15) is 5.82 Å². The highest BCUT2D eigenvalue weighted by molar-refractivity contribution is 7.98. The monoisotopic (exact) mass is 418 g/mol. The number of rotatable bonds is 8. The zero-order valence-corrected chi connectivity index (χ0v) is 17.8. The summed E-state index contributed by atoms with van der Waals surface area (Å²) in [4.78, 5) is 2.15. The lowest BCUT2D eigenvalue weighted by molar-refractivity contribution is 0.272. The third kappa shape index (κ3) is 4.74. The Bertz CT molecular complexity index is 894. The summed E-state index contributed by atoms with van der Waals surface area (Å²) in [7, 11) is 4.09. The van der Waals surface area contributed by atoms with Crippen LogP contribution in [0.25, 0.3) is 0 Å². The minimum absolute atomic E-state index is 0.155. The third-order valence-corrected chi connectivity index (χ3v) is 5.99. The lowest BCUT2D eigenvalue weighted by Crippen LogP contribution is -2.23. The van der Waals surface area contributed by atoms with E-state index in [1.807, 2.05) is 32.3 Å². The molecule has 1 heterocycles. The van der Waals surface area contributed by atoms with Crippen molar-refractivity contribution in [1.29, 1.82) is 0 Å². The predicted molar refractivity (Wildman–Crippen MR) is 113 cm³/mol. The summed E-state index contributed by atoms with van der Waals surface area (Å²) >= 11 is 7.64. The van der Waals surface area contributed by atoms with Crippen molar-refractivity contribution in [2.75, 3.05) is 14.1 Å². The van der Waals surface area contributed by atoms with E-state index >= 15 is 0 Å². The van der Waals surface area contributed by atoms with Gasteiger partial charge in [-0.2, -0.15) is 0 Å². The van der Waals surface area contributed by atoms with Gasteiger partial charge >= 0.3 is 0 Å². The van der Waals surface area contributed by atoms with Crippen LogP contribution in [0.3, 0.4) is 0 Å². The van der Waals surface area contributed by atoms with Crippen molar-refractivity contribution in [3.63, 3.8) is 0 Å². The predicted octanol–water partition coefficient (Wildman–Crippen LogP) is 5.42. The van der Waals surface area contributed by atoms with Crippen LogP contribution in [0.15, 0.2) is 53.7 Å². The minimum Gasteiger partial charge on any atom is -0.300 e. The molecule has 28 heavy (non-hydrogen) atoms. The zero-order valence-electron chi connectivity index (χ0n) is 16.3. The molecule has 0 aliphatic heterocycles. The van der Waals surface area contributed by atoms with Gasteiger partial charge in [-0.05, 0) is 38.2 Å². The van der Waals surface area contributed by atoms with Crippen molar-refractivity contribution in [3.8, 4) is 0 Å². The van der Waals surface area contributed by atoms with Crippen molar-refractivity contribution >= 4 is 23.4 Å². The van der Waals surface area contributed by atoms with Crippen LogP contribution in [0.1, 0.15) is 36.3 Å². The molecule has 0 spiro atoms. The molecule has 0 saturated heterocycles. The molecule has 0 N–H and O–H groups in total. The van der Waals surface area contributed by atoms with E-state index in [-0.39, 0.29) is 11.9 Å². The van der Waals surface area contributed by atoms with E-state index in [2.05, 4.69) is 38.7 Å². The van der Waals surface area contributed by atoms with Gasteiger partial charge in [-0.1, -0.05) is 66.7 Å². The maximum atomic E-state index is 14.1. The Morgan fingerprint density at radius 1 is 1.11 bits per heavy atom. The van der Waals surface area contributed by atoms with E-state index in [4.69, 9.17) is 11.6 Å². The summed E-state index contributed by atoms with van der Waals surface area (Å²) in [6.07, 6.45) is 0.920. The van der Waals surface area contributed by atoms with Crippen LogP contribution in [0.2, 0.25) is 5.02 Å². The van der Waals surface area contributed by atoms with Crippen molar-refractivity contribution in [3.05, 3.63) is 76.3 Å². The molecule has 0 radical (unpaired) electrons. The van der Waals surface area contributed by atoms with Crippen molar-refractivity contribution < 1.29 is 4.39 Å². The molecular weight excluding hydrogens is 395 g/mol. The van der Waals surface area contributed by atoms with Gasteiger partial charge < -0.3 is 4.57 Å². The van der Waals surface area contributed by atoms with E-state index in [1.165, 1.54) is 23.4 Å². The largest absolute Gasteiger partial charge is 0.300 e. The Kier molecular flexibility index (Phi) is 7.10. The van der Waals surface area contributed by atoms with Gasteiger partial charge in [0, 0.05) is 16.3 Å². The molecular formula is C21H24ClFN4S. The van der Waals surface area contributed by atoms with Crippen molar-refractivity contribution in [2.45, 2.75) is 36.8 Å². The van der Waals surface area contributed by atoms with Crippen LogP contribution in [-0.4, -0.2) is 33.8 Å². The molecule has 3 aromatic rings. The van der Waals surface area contributed by atoms with Gasteiger partial charge in [-0.3, -0.25) is 4.90 Å². The second-order valence-electron chi connectivity index (χ2n) is 6.79. The van der Waals surface area contributed by atoms with E-state index in [0.717, 1.165) is 17.4 Å². The third-order valence-electron chi connectivity index (χ3n) is 4.64. The number of hydrogen-bond acceptors (Lipinski definition) is 4. The number of benzene rings is 2. The summed E-state index contributed by atoms with van der Waals surface area (Å²) in [6.45, 7) is 2.80. The Morgan fingerprint density at radius 2 is 1.86 bits per heavy atom. The molecule has 1 atom stereocenters. The van der Waals surface area contributed by atoms with Crippen LogP contribution in [0, 0.1) is 5.82 Å². The Labute approximate surface area is 174 Å². The second kappa shape index (κ2) is 9.54. The molecule has 3 rings (SSSR count). The highest BCUT2D eigenvalue weighted by atomic mass is 35.5. The molecule has 0 bridgehead atoms. The fourth-order valence-electron chi connectivity index (χ4n) is 3.15. The smallest absolute Gasteiger partial charge is 0.191 e. The van der Waals surface area contributed by atoms with Crippen LogP contribution >= 0.6 is 23.4 Å². The summed E-state index contributed by atoms with van der Waals surface area (Å²) in [5.74, 6) is 1.02. The molecule has 0 saturated carbocycles. The van der Waals surface area contributed by atoms with Gasteiger partial charge in [0.15, 0.2) is 11.0 Å². The van der Waals surface area contributed by atoms with Crippen LogP contribution in [0.4, 0.5) is 4.39 Å². The molecule has 1 aromatic heterocycles. The van der Waals surface area contributed by atoms with Gasteiger partial charge in [-0.25, -0.2) is 4.39 Å². The van der Waals surface area contributed by atoms with Gasteiger partial charge in [0.05, 0.1) is 12.6 Å². The van der Waals surface area contributed by atoms with Crippen molar-refractivity contribution in [2.24, 2.45) is 0 Å². The standard InChI is InChI=1S/C21H24ClFN4S/c1-4-19(26(2)3)20-24-25-21(27(20)13-15-9-6-5-7-10-15)28-14-16-17(22)11-8-12-18(16)23/h5-12,19H,4,13-14H2,1-3H3/t19-/m1/s1. The number of aromatic nitrogens is 3. The molecule has 4 nitrogen and oxygen atoms in total. The second-order valence-corrected chi connectivity index (χ2v) is 8.14. The number of halogens is 2. The van der Waals surface area contributed by atoms with Gasteiger partial charge in [0.2, 0.25) is 0 Å². The number of hydrogen-bond donors (Lipinski definition) is 0. The molecule has 0 fully saturated rings. The summed E-state index contributed by atoms with van der Waals surface area (Å²) in [6, 6.07) is 15.1. The van der Waals surface area contributed by atoms with Gasteiger partial charge in [0.25, 0.3) is 0 Å². The van der Waals surface area contributed by atoms with Gasteiger partial charge in [-0.15, -0.1) is 10.2 Å². The average Bonchev–Trinajstić information content (AvgIpc) is 3.05. The fraction of sp³-hybridized carbons (Fsp3) is 0.333. The Balaban J connectivity index is 1.92. The summed E-state index contributed by atoms with van der Waals surface area (Å²) in [5.41, 5.74) is 1.66. The summed E-state index contributed by atoms with van der Waals surface area (Å²) in [5, 5.41) is 10.1. The van der Waals surface area contributed by atoms with Crippen LogP contribution in [0.5, 0.6) is 0 Å². The Hall–Kier alpha value is -1.89. The molecule has 7 heteroatoms. The average molecular weight is 419 g/mol. The lowest BCUT2D eigenvalue weighted by Gasteiger charge is -2.23. The molecule has 2 aromatic carbocycles. The first-order valence-electron chi connectivity index (χ1n) is 9.20. The first-order chi connectivity index (χ1) is 13.5. The van der Waals surface area contributed by atoms with E-state index in [1.54, 1.807) is 12.1 Å². The highest BCUT2D eigenvalue weighted by Crippen LogP contribution is 2.30. The highest BCUT2D eigenvalue weighted by Gasteiger charge is 2.22. The molecule has 148 valence electrons. The SMILES string of the molecule is CC[C@H](c1nnc(SCc2c(F)cccc2Cl)n1Cc1ccccc1)N(C)C.